The number of hydrogen-bond acceptors (Lipinski definition) is 5. The average molecular weight is 499 g/mol. The molecule has 0 radical (unpaired) electrons. The molecule has 2 N–H and O–H groups in total. The number of aromatic amines is 1. The summed E-state index contributed by atoms with van der Waals surface area (Å²) in [5.74, 6) is 0.811. The van der Waals surface area contributed by atoms with Gasteiger partial charge in [-0.3, -0.25) is 0 Å². The number of fused-ring (bicyclic) bond motifs is 1. The van der Waals surface area contributed by atoms with Crippen LogP contribution in [0.25, 0.3) is 21.9 Å². The SMILES string of the molecule is CC1=C(O)C=CCC1(C)S(=O)(=O)n1cc2c3c(ccc(C)c31)C(c1nc3ccc(C#N)cc3[nH]1)CC2. The molecule has 2 heterocycles. The van der Waals surface area contributed by atoms with Crippen LogP contribution in [0.3, 0.4) is 0 Å². The quantitative estimate of drug-likeness (QED) is 0.387. The van der Waals surface area contributed by atoms with E-state index >= 15 is 0 Å². The van der Waals surface area contributed by atoms with E-state index in [0.29, 0.717) is 23.1 Å². The highest BCUT2D eigenvalue weighted by Gasteiger charge is 2.45. The third-order valence-electron chi connectivity index (χ3n) is 8.05. The summed E-state index contributed by atoms with van der Waals surface area (Å²) >= 11 is 0. The molecule has 2 unspecified atom stereocenters. The summed E-state index contributed by atoms with van der Waals surface area (Å²) in [5, 5.41) is 20.6. The molecule has 36 heavy (non-hydrogen) atoms. The molecular formula is C28H26N4O3S. The van der Waals surface area contributed by atoms with E-state index in [1.165, 1.54) is 3.97 Å². The standard InChI is InChI=1S/C28H26N4O3S/c1-16-6-9-20-21(27-30-22-11-7-18(14-29)13-23(22)31-27)10-8-19-15-32(26(16)25(19)20)36(34,35)28(3)12-4-5-24(33)17(28)2/h4-7,9,11,13,15,21,33H,8,10,12H2,1-3H3,(H,30,31). The molecule has 7 nitrogen and oxygen atoms in total. The first-order chi connectivity index (χ1) is 17.2. The molecule has 0 saturated carbocycles. The molecule has 0 aliphatic heterocycles. The number of nitrogens with one attached hydrogen (secondary N) is 1. The second-order valence-corrected chi connectivity index (χ2v) is 12.3. The van der Waals surface area contributed by atoms with Crippen molar-refractivity contribution in [2.75, 3.05) is 0 Å². The molecule has 2 atom stereocenters. The van der Waals surface area contributed by atoms with Gasteiger partial charge in [0.15, 0.2) is 0 Å². The molecule has 0 spiro atoms. The second kappa shape index (κ2) is 7.58. The van der Waals surface area contributed by atoms with E-state index in [9.17, 15) is 18.8 Å². The van der Waals surface area contributed by atoms with Crippen molar-refractivity contribution in [1.29, 1.82) is 5.26 Å². The van der Waals surface area contributed by atoms with Crippen LogP contribution in [0.4, 0.5) is 0 Å². The van der Waals surface area contributed by atoms with Gasteiger partial charge in [0.05, 0.1) is 28.2 Å². The van der Waals surface area contributed by atoms with Crippen LogP contribution in [0.2, 0.25) is 0 Å². The van der Waals surface area contributed by atoms with Gasteiger partial charge in [-0.15, -0.1) is 0 Å². The molecule has 0 amide bonds. The van der Waals surface area contributed by atoms with E-state index in [0.717, 1.165) is 51.8 Å². The number of hydrogen-bond donors (Lipinski definition) is 2. The molecule has 2 aliphatic rings. The van der Waals surface area contributed by atoms with Crippen LogP contribution in [-0.2, 0) is 16.4 Å². The lowest BCUT2D eigenvalue weighted by Crippen LogP contribution is -2.41. The van der Waals surface area contributed by atoms with Gasteiger partial charge in [-0.2, -0.15) is 5.26 Å². The number of allylic oxidation sites excluding steroid dienone is 2. The van der Waals surface area contributed by atoms with Crippen LogP contribution in [-0.4, -0.2) is 32.2 Å². The zero-order chi connectivity index (χ0) is 25.4. The van der Waals surface area contributed by atoms with E-state index in [-0.39, 0.29) is 11.7 Å². The number of H-pyrrole nitrogens is 1. The Balaban J connectivity index is 1.54. The van der Waals surface area contributed by atoms with E-state index in [1.807, 2.05) is 19.1 Å². The topological polar surface area (TPSA) is 112 Å². The van der Waals surface area contributed by atoms with E-state index < -0.39 is 14.8 Å². The van der Waals surface area contributed by atoms with Gasteiger partial charge in [-0.1, -0.05) is 18.2 Å². The predicted octanol–water partition coefficient (Wildman–Crippen LogP) is 5.50. The fourth-order valence-electron chi connectivity index (χ4n) is 5.74. The van der Waals surface area contributed by atoms with Gasteiger partial charge in [0.1, 0.15) is 16.3 Å². The Morgan fingerprint density at radius 3 is 2.83 bits per heavy atom. The zero-order valence-electron chi connectivity index (χ0n) is 20.3. The zero-order valence-corrected chi connectivity index (χ0v) is 21.1. The number of imidazole rings is 1. The van der Waals surface area contributed by atoms with Crippen LogP contribution in [0.15, 0.2) is 60.0 Å². The minimum atomic E-state index is -3.89. The number of nitrogens with zero attached hydrogens (tertiary/aromatic N) is 3. The normalized spacial score (nSPS) is 21.9. The number of benzene rings is 2. The van der Waals surface area contributed by atoms with Crippen molar-refractivity contribution in [3.05, 3.63) is 88.1 Å². The monoisotopic (exact) mass is 498 g/mol. The van der Waals surface area contributed by atoms with Crippen LogP contribution >= 0.6 is 0 Å². The van der Waals surface area contributed by atoms with Gasteiger partial charge in [-0.25, -0.2) is 17.4 Å². The lowest BCUT2D eigenvalue weighted by atomic mass is 9.83. The molecule has 0 fully saturated rings. The van der Waals surface area contributed by atoms with Gasteiger partial charge >= 0.3 is 0 Å². The molecule has 6 rings (SSSR count). The third-order valence-corrected chi connectivity index (χ3v) is 10.5. The summed E-state index contributed by atoms with van der Waals surface area (Å²) in [6.07, 6.45) is 6.87. The maximum atomic E-state index is 14.2. The van der Waals surface area contributed by atoms with E-state index in [2.05, 4.69) is 17.1 Å². The minimum absolute atomic E-state index is 0.00948. The van der Waals surface area contributed by atoms with Crippen molar-refractivity contribution in [2.24, 2.45) is 0 Å². The Labute approximate surface area is 209 Å². The Hall–Kier alpha value is -3.83. The molecule has 182 valence electrons. The van der Waals surface area contributed by atoms with Crippen molar-refractivity contribution >= 4 is 32.0 Å². The third kappa shape index (κ3) is 2.96. The number of rotatable bonds is 3. The smallest absolute Gasteiger partial charge is 0.248 e. The molecule has 2 aliphatic carbocycles. The van der Waals surface area contributed by atoms with Gasteiger partial charge in [0, 0.05) is 17.5 Å². The van der Waals surface area contributed by atoms with E-state index in [4.69, 9.17) is 4.98 Å². The van der Waals surface area contributed by atoms with Crippen molar-refractivity contribution in [3.63, 3.8) is 0 Å². The van der Waals surface area contributed by atoms with E-state index in [1.54, 1.807) is 44.3 Å². The molecule has 2 aromatic carbocycles. The molecular weight excluding hydrogens is 472 g/mol. The highest BCUT2D eigenvalue weighted by atomic mass is 32.2. The Morgan fingerprint density at radius 2 is 2.06 bits per heavy atom. The molecule has 4 aromatic rings. The lowest BCUT2D eigenvalue weighted by Gasteiger charge is -2.32. The summed E-state index contributed by atoms with van der Waals surface area (Å²) in [5.41, 5.74) is 6.28. The summed E-state index contributed by atoms with van der Waals surface area (Å²) in [7, 11) is -3.89. The molecule has 8 heteroatoms. The maximum Gasteiger partial charge on any atom is 0.248 e. The Morgan fingerprint density at radius 1 is 1.25 bits per heavy atom. The van der Waals surface area contributed by atoms with Crippen molar-refractivity contribution < 1.29 is 13.5 Å². The van der Waals surface area contributed by atoms with Crippen LogP contribution < -0.4 is 0 Å². The largest absolute Gasteiger partial charge is 0.508 e. The average Bonchev–Trinajstić information content (AvgIpc) is 3.47. The van der Waals surface area contributed by atoms with Crippen molar-refractivity contribution in [2.45, 2.75) is 50.7 Å². The van der Waals surface area contributed by atoms with Gasteiger partial charge in [0.2, 0.25) is 10.0 Å². The van der Waals surface area contributed by atoms with Gasteiger partial charge < -0.3 is 10.1 Å². The fraction of sp³-hybridized carbons (Fsp3) is 0.286. The van der Waals surface area contributed by atoms with Crippen LogP contribution in [0.1, 0.15) is 60.7 Å². The summed E-state index contributed by atoms with van der Waals surface area (Å²) in [4.78, 5) is 8.23. The predicted molar refractivity (Wildman–Crippen MR) is 139 cm³/mol. The number of aliphatic hydroxyl groups is 1. The highest BCUT2D eigenvalue weighted by Crippen LogP contribution is 2.45. The van der Waals surface area contributed by atoms with Crippen LogP contribution in [0, 0.1) is 18.3 Å². The van der Waals surface area contributed by atoms with Crippen molar-refractivity contribution in [1.82, 2.24) is 13.9 Å². The lowest BCUT2D eigenvalue weighted by molar-refractivity contribution is 0.409. The number of aliphatic hydroxyl groups excluding tert-OH is 1. The fourth-order valence-corrected chi connectivity index (χ4v) is 7.71. The van der Waals surface area contributed by atoms with Gasteiger partial charge in [-0.05, 0) is 86.6 Å². The molecule has 0 bridgehead atoms. The first kappa shape index (κ1) is 22.6. The minimum Gasteiger partial charge on any atom is -0.508 e. The number of aryl methyl sites for hydroxylation is 2. The number of aromatic nitrogens is 3. The summed E-state index contributed by atoms with van der Waals surface area (Å²) in [6.45, 7) is 5.31. The molecule has 0 saturated heterocycles. The summed E-state index contributed by atoms with van der Waals surface area (Å²) < 4.78 is 28.5. The first-order valence-corrected chi connectivity index (χ1v) is 13.4. The molecule has 2 aromatic heterocycles. The van der Waals surface area contributed by atoms with Gasteiger partial charge in [0.25, 0.3) is 0 Å². The highest BCUT2D eigenvalue weighted by molar-refractivity contribution is 7.91. The van der Waals surface area contributed by atoms with Crippen LogP contribution in [0.5, 0.6) is 0 Å². The van der Waals surface area contributed by atoms with Crippen molar-refractivity contribution in [3.8, 4) is 6.07 Å². The summed E-state index contributed by atoms with van der Waals surface area (Å²) in [6, 6.07) is 11.6. The second-order valence-electron chi connectivity index (χ2n) is 10.1. The first-order valence-electron chi connectivity index (χ1n) is 12.0. The maximum absolute atomic E-state index is 14.2. The Bertz CT molecular complexity index is 1800. The number of nitriles is 1. The Kier molecular flexibility index (Phi) is 4.76.